The summed E-state index contributed by atoms with van der Waals surface area (Å²) in [4.78, 5) is 23.2. The average molecular weight is 497 g/mol. The van der Waals surface area contributed by atoms with Crippen molar-refractivity contribution in [3.05, 3.63) is 76.8 Å². The van der Waals surface area contributed by atoms with Crippen molar-refractivity contribution in [3.8, 4) is 28.8 Å². The summed E-state index contributed by atoms with van der Waals surface area (Å²) < 4.78 is 19.1. The van der Waals surface area contributed by atoms with Gasteiger partial charge in [0, 0.05) is 24.0 Å². The van der Waals surface area contributed by atoms with Gasteiger partial charge in [0.15, 0.2) is 28.8 Å². The Labute approximate surface area is 214 Å². The van der Waals surface area contributed by atoms with Crippen LogP contribution >= 0.6 is 0 Å². The second-order valence-corrected chi connectivity index (χ2v) is 10.5. The highest BCUT2D eigenvalue weighted by Crippen LogP contribution is 2.51. The fourth-order valence-corrected chi connectivity index (χ4v) is 5.34. The molecule has 4 aromatic rings. The second-order valence-electron chi connectivity index (χ2n) is 10.5. The highest BCUT2D eigenvalue weighted by Gasteiger charge is 2.44. The number of ether oxygens (including phenoxy) is 3. The fourth-order valence-electron chi connectivity index (χ4n) is 5.34. The van der Waals surface area contributed by atoms with Crippen LogP contribution in [0.15, 0.2) is 60.1 Å². The van der Waals surface area contributed by atoms with Gasteiger partial charge in [-0.3, -0.25) is 4.79 Å². The Balaban J connectivity index is 1.60. The van der Waals surface area contributed by atoms with E-state index in [1.807, 2.05) is 49.4 Å². The van der Waals surface area contributed by atoms with Crippen LogP contribution in [0.2, 0.25) is 0 Å². The smallest absolute Gasteiger partial charge is 0.228 e. The average Bonchev–Trinajstić information content (AvgIpc) is 3.31. The summed E-state index contributed by atoms with van der Waals surface area (Å²) in [5, 5.41) is 4.70. The lowest BCUT2D eigenvalue weighted by molar-refractivity contribution is -0.118. The number of benzene rings is 2. The van der Waals surface area contributed by atoms with Gasteiger partial charge in [0.25, 0.3) is 0 Å². The molecule has 1 aliphatic carbocycles. The minimum Gasteiger partial charge on any atom is -0.493 e. The number of rotatable bonds is 4. The van der Waals surface area contributed by atoms with Crippen molar-refractivity contribution in [1.29, 1.82) is 0 Å². The maximum atomic E-state index is 13.7. The molecule has 2 aromatic heterocycles. The lowest BCUT2D eigenvalue weighted by atomic mass is 9.70. The Bertz CT molecular complexity index is 1580. The molecular formula is C29H28N4O4. The van der Waals surface area contributed by atoms with E-state index in [0.29, 0.717) is 58.6 Å². The van der Waals surface area contributed by atoms with Crippen molar-refractivity contribution in [2.24, 2.45) is 5.41 Å². The van der Waals surface area contributed by atoms with E-state index in [4.69, 9.17) is 24.3 Å². The topological polar surface area (TPSA) is 87.8 Å². The summed E-state index contributed by atoms with van der Waals surface area (Å²) in [7, 11) is 3.20. The first-order valence-electron chi connectivity index (χ1n) is 12.3. The second kappa shape index (κ2) is 8.44. The molecule has 0 amide bonds. The number of hydrogen-bond acceptors (Lipinski definition) is 7. The summed E-state index contributed by atoms with van der Waals surface area (Å²) in [6.07, 6.45) is 2.70. The van der Waals surface area contributed by atoms with Gasteiger partial charge < -0.3 is 14.2 Å². The van der Waals surface area contributed by atoms with Crippen LogP contribution in [0.1, 0.15) is 49.3 Å². The zero-order valence-electron chi connectivity index (χ0n) is 21.5. The Morgan fingerprint density at radius 2 is 1.78 bits per heavy atom. The molecule has 8 nitrogen and oxygen atoms in total. The van der Waals surface area contributed by atoms with E-state index in [1.54, 1.807) is 25.1 Å². The predicted octanol–water partition coefficient (Wildman–Crippen LogP) is 5.28. The first-order chi connectivity index (χ1) is 17.8. The van der Waals surface area contributed by atoms with E-state index in [9.17, 15) is 4.79 Å². The molecule has 2 aliphatic rings. The Morgan fingerprint density at radius 1 is 1.03 bits per heavy atom. The fraction of sp³-hybridized carbons (Fsp3) is 0.310. The monoisotopic (exact) mass is 496 g/mol. The number of methoxy groups -OCH3 is 2. The number of hydrogen-bond donors (Lipinski definition) is 0. The highest BCUT2D eigenvalue weighted by molar-refractivity contribution is 6.00. The number of fused-ring (bicyclic) bond motifs is 3. The molecule has 0 radical (unpaired) electrons. The largest absolute Gasteiger partial charge is 0.493 e. The molecule has 6 rings (SSSR count). The number of aromatic nitrogens is 4. The Kier molecular flexibility index (Phi) is 5.29. The molecule has 0 saturated heterocycles. The molecule has 0 saturated carbocycles. The number of carbonyl (C=O) groups is 1. The minimum atomic E-state index is -0.437. The molecule has 8 heteroatoms. The van der Waals surface area contributed by atoms with Crippen LogP contribution in [0, 0.1) is 12.3 Å². The molecular weight excluding hydrogens is 468 g/mol. The van der Waals surface area contributed by atoms with Crippen molar-refractivity contribution in [2.75, 3.05) is 14.2 Å². The number of Topliss-reactive ketones (excluding diaryl/α,β-unsaturated/α-hetero) is 1. The van der Waals surface area contributed by atoms with Gasteiger partial charge in [-0.1, -0.05) is 49.7 Å². The Hall–Kier alpha value is -4.20. The van der Waals surface area contributed by atoms with Crippen molar-refractivity contribution in [3.63, 3.8) is 0 Å². The summed E-state index contributed by atoms with van der Waals surface area (Å²) in [5.74, 6) is 2.52. The molecule has 0 spiro atoms. The highest BCUT2D eigenvalue weighted by atomic mass is 16.5. The zero-order chi connectivity index (χ0) is 25.9. The van der Waals surface area contributed by atoms with Crippen molar-refractivity contribution in [1.82, 2.24) is 19.6 Å². The van der Waals surface area contributed by atoms with Gasteiger partial charge in [-0.25, -0.2) is 14.5 Å². The molecule has 1 atom stereocenters. The summed E-state index contributed by atoms with van der Waals surface area (Å²) in [6, 6.07) is 13.8. The van der Waals surface area contributed by atoms with Crippen LogP contribution in [0.3, 0.4) is 0 Å². The number of nitrogens with zero attached hydrogens (tertiary/aromatic N) is 4. The molecule has 1 aliphatic heterocycles. The van der Waals surface area contributed by atoms with E-state index in [-0.39, 0.29) is 11.2 Å². The van der Waals surface area contributed by atoms with Crippen LogP contribution in [-0.2, 0) is 4.79 Å². The molecule has 0 N–H and O–H groups in total. The van der Waals surface area contributed by atoms with Crippen LogP contribution in [-0.4, -0.2) is 39.6 Å². The third-order valence-corrected chi connectivity index (χ3v) is 7.11. The van der Waals surface area contributed by atoms with Gasteiger partial charge in [-0.2, -0.15) is 0 Å². The summed E-state index contributed by atoms with van der Waals surface area (Å²) in [5.41, 5.74) is 4.69. The molecule has 188 valence electrons. The number of carbonyl (C=O) groups excluding carboxylic acids is 1. The standard InChI is InChI=1S/C29H28N4O4/c1-16-6-8-17(9-7-16)26-31-27-25-23(18-10-11-20(35-4)21(12-18)36-5)24-19(34)13-29(2,3)14-22(24)37-28(25)30-15-33(27)32-26/h6-12,15,23H,13-14H2,1-5H3/t23-/m1/s1. The third-order valence-electron chi connectivity index (χ3n) is 7.11. The van der Waals surface area contributed by atoms with Gasteiger partial charge in [0.1, 0.15) is 12.1 Å². The molecule has 0 bridgehead atoms. The van der Waals surface area contributed by atoms with Crippen molar-refractivity contribution < 1.29 is 19.0 Å². The summed E-state index contributed by atoms with van der Waals surface area (Å²) in [6.45, 7) is 6.21. The maximum Gasteiger partial charge on any atom is 0.228 e. The predicted molar refractivity (Wildman–Crippen MR) is 138 cm³/mol. The molecule has 37 heavy (non-hydrogen) atoms. The van der Waals surface area contributed by atoms with E-state index in [1.165, 1.54) is 0 Å². The van der Waals surface area contributed by atoms with Gasteiger partial charge in [0.05, 0.1) is 25.7 Å². The Morgan fingerprint density at radius 3 is 2.51 bits per heavy atom. The summed E-state index contributed by atoms with van der Waals surface area (Å²) >= 11 is 0. The number of allylic oxidation sites excluding steroid dienone is 2. The van der Waals surface area contributed by atoms with Crippen LogP contribution < -0.4 is 14.2 Å². The van der Waals surface area contributed by atoms with E-state index >= 15 is 0 Å². The lowest BCUT2D eigenvalue weighted by Gasteiger charge is -2.37. The first kappa shape index (κ1) is 23.2. The maximum absolute atomic E-state index is 13.7. The normalized spacial score (nSPS) is 18.3. The van der Waals surface area contributed by atoms with Gasteiger partial charge in [0.2, 0.25) is 5.88 Å². The quantitative estimate of drug-likeness (QED) is 0.380. The van der Waals surface area contributed by atoms with Gasteiger partial charge in [-0.15, -0.1) is 5.10 Å². The van der Waals surface area contributed by atoms with Gasteiger partial charge >= 0.3 is 0 Å². The number of ketones is 1. The van der Waals surface area contributed by atoms with Crippen LogP contribution in [0.4, 0.5) is 0 Å². The van der Waals surface area contributed by atoms with E-state index < -0.39 is 5.92 Å². The third kappa shape index (κ3) is 3.84. The number of aryl methyl sites for hydroxylation is 1. The van der Waals surface area contributed by atoms with Crippen LogP contribution in [0.5, 0.6) is 17.4 Å². The van der Waals surface area contributed by atoms with Gasteiger partial charge in [-0.05, 0) is 30.0 Å². The van der Waals surface area contributed by atoms with E-state index in [0.717, 1.165) is 16.7 Å². The minimum absolute atomic E-state index is 0.0666. The van der Waals surface area contributed by atoms with Crippen LogP contribution in [0.25, 0.3) is 17.0 Å². The lowest BCUT2D eigenvalue weighted by Crippen LogP contribution is -2.33. The SMILES string of the molecule is COc1ccc([C@@H]2C3=C(CC(C)(C)CC3=O)Oc3ncn4nc(-c5ccc(C)cc5)nc4c32)cc1OC. The molecule has 3 heterocycles. The molecule has 2 aromatic carbocycles. The molecule has 0 fully saturated rings. The van der Waals surface area contributed by atoms with E-state index in [2.05, 4.69) is 18.8 Å². The molecule has 0 unspecified atom stereocenters. The van der Waals surface area contributed by atoms with Crippen molar-refractivity contribution in [2.45, 2.75) is 39.5 Å². The zero-order valence-corrected chi connectivity index (χ0v) is 21.5. The first-order valence-corrected chi connectivity index (χ1v) is 12.3. The van der Waals surface area contributed by atoms with Crippen molar-refractivity contribution >= 4 is 11.4 Å².